The number of aryl methyl sites for hydroxylation is 2. The van der Waals surface area contributed by atoms with E-state index in [4.69, 9.17) is 5.73 Å². The second kappa shape index (κ2) is 28.2. The number of nitrogens with two attached hydrogens (primary N) is 1. The van der Waals surface area contributed by atoms with E-state index in [2.05, 4.69) is 125 Å². The fraction of sp³-hybridized carbons (Fsp3) is 0.543. The van der Waals surface area contributed by atoms with Gasteiger partial charge in [-0.2, -0.15) is 0 Å². The number of carbonyl (C=O) groups excluding carboxylic acids is 6. The predicted octanol–water partition coefficient (Wildman–Crippen LogP) is 15.2. The number of nitro benzene ring substituents is 1. The number of hydrogen-bond donors (Lipinski definition) is 3. The molecule has 0 spiro atoms. The lowest BCUT2D eigenvalue weighted by Gasteiger charge is -2.23. The van der Waals surface area contributed by atoms with Crippen molar-refractivity contribution in [1.29, 1.82) is 0 Å². The van der Waals surface area contributed by atoms with Crippen LogP contribution in [0.25, 0.3) is 22.1 Å². The van der Waals surface area contributed by atoms with Crippen LogP contribution < -0.4 is 5.73 Å². The zero-order valence-corrected chi connectivity index (χ0v) is 53.4. The van der Waals surface area contributed by atoms with E-state index in [0.29, 0.717) is 104 Å². The van der Waals surface area contributed by atoms with E-state index in [1.165, 1.54) is 16.7 Å². The Bertz CT molecular complexity index is 3250. The van der Waals surface area contributed by atoms with Gasteiger partial charge in [-0.3, -0.25) is 38.9 Å². The summed E-state index contributed by atoms with van der Waals surface area (Å²) in [6, 6.07) is 24.1. The number of carbonyl (C=O) groups is 6. The first-order valence-electron chi connectivity index (χ1n) is 30.5. The Labute approximate surface area is 509 Å². The van der Waals surface area contributed by atoms with Crippen LogP contribution in [0.2, 0.25) is 0 Å². The normalized spacial score (nSPS) is 15.9. The molecule has 0 bridgehead atoms. The van der Waals surface area contributed by atoms with E-state index >= 15 is 0 Å². The molecule has 14 nitrogen and oxygen atoms in total. The Morgan fingerprint density at radius 3 is 1.15 bits per heavy atom. The number of imidazole rings is 2. The summed E-state index contributed by atoms with van der Waals surface area (Å²) in [5.74, 6) is 5.64. The van der Waals surface area contributed by atoms with E-state index in [9.17, 15) is 38.9 Å². The molecule has 2 heterocycles. The number of ketones is 6. The Kier molecular flexibility index (Phi) is 22.4. The van der Waals surface area contributed by atoms with Gasteiger partial charge in [0.2, 0.25) is 0 Å². The summed E-state index contributed by atoms with van der Waals surface area (Å²) in [7, 11) is 0. The molecule has 0 unspecified atom stereocenters. The quantitative estimate of drug-likeness (QED) is 0.0442. The average molecular weight is 1180 g/mol. The molecule has 0 saturated heterocycles. The van der Waals surface area contributed by atoms with E-state index in [1.807, 2.05) is 39.0 Å². The second-order valence-electron chi connectivity index (χ2n) is 28.7. The molecule has 458 valence electrons. The van der Waals surface area contributed by atoms with Gasteiger partial charge in [0.05, 0.1) is 27.0 Å². The average Bonchev–Trinajstić information content (AvgIpc) is 3.12. The summed E-state index contributed by atoms with van der Waals surface area (Å²) >= 11 is 0. The smallest absolute Gasteiger partial charge is 0.273 e. The van der Waals surface area contributed by atoms with Crippen LogP contribution in [-0.2, 0) is 76.1 Å². The van der Waals surface area contributed by atoms with Crippen LogP contribution in [0.3, 0.4) is 0 Å². The number of nitrogens with zero attached hydrogens (tertiary/aromatic N) is 3. The van der Waals surface area contributed by atoms with E-state index < -0.39 is 4.92 Å². The highest BCUT2D eigenvalue weighted by atomic mass is 35.5. The number of halogens is 1. The Balaban J connectivity index is 0.000000181. The van der Waals surface area contributed by atoms with Gasteiger partial charge >= 0.3 is 0 Å². The maximum absolute atomic E-state index is 12.1. The highest BCUT2D eigenvalue weighted by Gasteiger charge is 2.30. The Morgan fingerprint density at radius 2 is 0.812 bits per heavy atom. The minimum atomic E-state index is -0.414. The number of fused-ring (bicyclic) bond motifs is 2. The molecule has 0 atom stereocenters. The third-order valence-electron chi connectivity index (χ3n) is 17.1. The molecule has 4 aliphatic carbocycles. The number of benzene rings is 4. The molecule has 0 amide bonds. The molecule has 2 aromatic heterocycles. The van der Waals surface area contributed by atoms with Crippen LogP contribution in [0.15, 0.2) is 72.8 Å². The van der Waals surface area contributed by atoms with Gasteiger partial charge in [-0.25, -0.2) is 9.97 Å². The molecule has 4 aliphatic rings. The second-order valence-corrected chi connectivity index (χ2v) is 28.7. The lowest BCUT2D eigenvalue weighted by Crippen LogP contribution is -2.24. The molecule has 0 aliphatic heterocycles. The molecule has 0 radical (unpaired) electrons. The van der Waals surface area contributed by atoms with Crippen molar-refractivity contribution >= 4 is 80.5 Å². The largest absolute Gasteiger partial charge is 0.398 e. The zero-order valence-electron chi connectivity index (χ0n) is 52.6. The Hall–Kier alpha value is -6.67. The number of aromatic amines is 2. The van der Waals surface area contributed by atoms with Crippen LogP contribution in [0, 0.1) is 33.8 Å². The summed E-state index contributed by atoms with van der Waals surface area (Å²) in [5, 5.41) is 11.3. The molecule has 4 aromatic carbocycles. The van der Waals surface area contributed by atoms with Gasteiger partial charge in [-0.05, 0) is 129 Å². The number of Topliss-reactive ketones (excluding diaryl/α,β-unsaturated/α-hetero) is 6. The van der Waals surface area contributed by atoms with Crippen molar-refractivity contribution in [2.75, 3.05) is 5.73 Å². The first-order valence-corrected chi connectivity index (χ1v) is 30.5. The van der Waals surface area contributed by atoms with Crippen molar-refractivity contribution in [2.24, 2.45) is 23.7 Å². The topological polar surface area (TPSA) is 229 Å². The van der Waals surface area contributed by atoms with Gasteiger partial charge in [0.15, 0.2) is 0 Å². The minimum Gasteiger partial charge on any atom is -0.398 e. The molecule has 6 aromatic rings. The zero-order chi connectivity index (χ0) is 61.5. The van der Waals surface area contributed by atoms with Gasteiger partial charge in [0.1, 0.15) is 46.3 Å². The first-order chi connectivity index (χ1) is 39.2. The molecule has 85 heavy (non-hydrogen) atoms. The number of nitro groups is 1. The fourth-order valence-electron chi connectivity index (χ4n) is 11.0. The fourth-order valence-corrected chi connectivity index (χ4v) is 11.0. The van der Waals surface area contributed by atoms with Crippen LogP contribution in [-0.4, -0.2) is 59.6 Å². The van der Waals surface area contributed by atoms with Gasteiger partial charge in [0.25, 0.3) is 5.69 Å². The summed E-state index contributed by atoms with van der Waals surface area (Å²) in [6.45, 7) is 25.8. The minimum absolute atomic E-state index is 0. The van der Waals surface area contributed by atoms with Crippen molar-refractivity contribution in [3.05, 3.63) is 128 Å². The third kappa shape index (κ3) is 19.7. The number of nitrogen functional groups attached to an aromatic ring is 1. The maximum atomic E-state index is 12.1. The van der Waals surface area contributed by atoms with Crippen molar-refractivity contribution in [1.82, 2.24) is 19.9 Å². The van der Waals surface area contributed by atoms with Gasteiger partial charge in [-0.15, -0.1) is 12.4 Å². The maximum Gasteiger partial charge on any atom is 0.273 e. The van der Waals surface area contributed by atoms with Crippen molar-refractivity contribution in [3.63, 3.8) is 0 Å². The SMILES string of the molecule is CC(C)(C)c1ccc(CC(=O)CCC2CC(=O)C2)c(N)c1.CC(C)(C)c1ccc(CC(=O)CCC2CC(=O)C2)c([N+](=O)[O-])c1.CC(C)(C)c1ccc2nc(CCC3CC(=O)C3)[nH]c2c1.CC(C)(C)c1ccc2nc(CCC3CC(=O)C3)[nH]c2c1.Cl. The van der Waals surface area contributed by atoms with E-state index in [-0.39, 0.29) is 63.5 Å². The van der Waals surface area contributed by atoms with E-state index in [1.54, 1.807) is 12.1 Å². The standard InChI is InChI=1S/C18H23NO4.C18H25NO2.2C17H22N2O.ClH/c1-18(2,3)14-6-5-13(17(11-14)19(22)23)10-15(20)7-4-12-8-16(21)9-12;1-18(2,3)14-6-5-13(17(19)11-14)10-15(20)7-4-12-8-16(21)9-12;2*1-17(2,3)12-5-6-14-15(10-12)19-16(18-14)7-4-11-8-13(20)9-11;/h5-6,11-12H,4,7-10H2,1-3H3;5-6,11-12H,4,7-10,19H2,1-3H3;2*5-6,10-11H,4,7-9H2,1-3H3,(H,18,19);1H. The highest BCUT2D eigenvalue weighted by molar-refractivity contribution is 5.87. The van der Waals surface area contributed by atoms with Crippen molar-refractivity contribution < 1.29 is 33.7 Å². The predicted molar refractivity (Wildman–Crippen MR) is 342 cm³/mol. The van der Waals surface area contributed by atoms with Gasteiger partial charge in [-0.1, -0.05) is 119 Å². The van der Waals surface area contributed by atoms with Gasteiger partial charge in [0, 0.05) is 107 Å². The summed E-state index contributed by atoms with van der Waals surface area (Å²) < 4.78 is 0. The van der Waals surface area contributed by atoms with Crippen LogP contribution >= 0.6 is 12.4 Å². The first kappa shape index (κ1) is 67.5. The lowest BCUT2D eigenvalue weighted by atomic mass is 9.80. The van der Waals surface area contributed by atoms with Crippen LogP contribution in [0.1, 0.15) is 218 Å². The number of rotatable bonds is 17. The number of nitrogens with one attached hydrogen (secondary N) is 2. The Morgan fingerprint density at radius 1 is 0.494 bits per heavy atom. The summed E-state index contributed by atoms with van der Waals surface area (Å²) in [5.41, 5.74) is 17.4. The molecular weight excluding hydrogens is 1090 g/mol. The number of H-pyrrole nitrogens is 2. The van der Waals surface area contributed by atoms with Crippen molar-refractivity contribution in [2.45, 2.75) is 220 Å². The lowest BCUT2D eigenvalue weighted by molar-refractivity contribution is -0.385. The van der Waals surface area contributed by atoms with Crippen LogP contribution in [0.4, 0.5) is 11.4 Å². The molecular formula is C70H93ClN6O8. The highest BCUT2D eigenvalue weighted by Crippen LogP contribution is 2.34. The third-order valence-corrected chi connectivity index (χ3v) is 17.1. The molecule has 4 saturated carbocycles. The number of aromatic nitrogens is 4. The molecule has 15 heteroatoms. The summed E-state index contributed by atoms with van der Waals surface area (Å²) in [6.07, 6.45) is 12.6. The van der Waals surface area contributed by atoms with E-state index in [0.717, 1.165) is 103 Å². The molecule has 4 N–H and O–H groups in total. The van der Waals surface area contributed by atoms with Gasteiger partial charge < -0.3 is 15.7 Å². The molecule has 10 rings (SSSR count). The number of hydrogen-bond acceptors (Lipinski definition) is 11. The summed E-state index contributed by atoms with van der Waals surface area (Å²) in [4.78, 5) is 94.9. The number of anilines is 1. The van der Waals surface area contributed by atoms with Crippen molar-refractivity contribution in [3.8, 4) is 0 Å². The monoisotopic (exact) mass is 1180 g/mol. The van der Waals surface area contributed by atoms with Crippen LogP contribution in [0.5, 0.6) is 0 Å². The molecule has 4 fully saturated rings.